The zero-order valence-corrected chi connectivity index (χ0v) is 9.94. The molecule has 1 saturated carbocycles. The van der Waals surface area contributed by atoms with Gasteiger partial charge in [-0.05, 0) is 19.3 Å². The number of fused-ring (bicyclic) bond motifs is 1. The number of nitriles is 1. The fourth-order valence-electron chi connectivity index (χ4n) is 2.61. The van der Waals surface area contributed by atoms with Crippen molar-refractivity contribution in [3.63, 3.8) is 0 Å². The summed E-state index contributed by atoms with van der Waals surface area (Å²) in [6, 6.07) is 1.48. The predicted molar refractivity (Wildman–Crippen MR) is 57.5 cm³/mol. The quantitative estimate of drug-likeness (QED) is 0.788. The van der Waals surface area contributed by atoms with Crippen molar-refractivity contribution < 1.29 is 23.1 Å². The van der Waals surface area contributed by atoms with E-state index >= 15 is 0 Å². The molecular formula is C11H12F3N3O2. The van der Waals surface area contributed by atoms with Crippen LogP contribution in [0.25, 0.3) is 0 Å². The number of carbonyl (C=O) groups excluding carboxylic acids is 1. The van der Waals surface area contributed by atoms with Gasteiger partial charge in [0.15, 0.2) is 0 Å². The molecule has 1 aliphatic heterocycles. The van der Waals surface area contributed by atoms with Crippen LogP contribution < -0.4 is 0 Å². The third kappa shape index (κ3) is 1.98. The standard InChI is InChI=1S/C11H12F3N3O2/c12-11(13,14)10(19)7-3-1-2-4-8(7)16-17(10)9(18)5-6-15/h7,19H,1-5H2/t7-,10+/m1/s1. The molecule has 19 heavy (non-hydrogen) atoms. The second kappa shape index (κ2) is 4.49. The van der Waals surface area contributed by atoms with E-state index < -0.39 is 30.1 Å². The van der Waals surface area contributed by atoms with Gasteiger partial charge >= 0.3 is 6.18 Å². The number of nitrogens with zero attached hydrogens (tertiary/aromatic N) is 3. The van der Waals surface area contributed by atoms with Crippen molar-refractivity contribution in [3.05, 3.63) is 0 Å². The number of rotatable bonds is 1. The Balaban J connectivity index is 2.42. The van der Waals surface area contributed by atoms with Gasteiger partial charge in [-0.2, -0.15) is 28.5 Å². The lowest BCUT2D eigenvalue weighted by molar-refractivity contribution is -0.317. The summed E-state index contributed by atoms with van der Waals surface area (Å²) in [7, 11) is 0. The second-order valence-corrected chi connectivity index (χ2v) is 4.65. The minimum absolute atomic E-state index is 0.0571. The van der Waals surface area contributed by atoms with Gasteiger partial charge in [-0.3, -0.25) is 4.79 Å². The fourth-order valence-corrected chi connectivity index (χ4v) is 2.61. The van der Waals surface area contributed by atoms with E-state index in [-0.39, 0.29) is 17.1 Å². The van der Waals surface area contributed by atoms with Crippen LogP contribution in [0.2, 0.25) is 0 Å². The van der Waals surface area contributed by atoms with E-state index in [1.165, 1.54) is 6.07 Å². The van der Waals surface area contributed by atoms with Crippen molar-refractivity contribution in [1.29, 1.82) is 5.26 Å². The van der Waals surface area contributed by atoms with Gasteiger partial charge in [-0.1, -0.05) is 6.42 Å². The van der Waals surface area contributed by atoms with Crippen molar-refractivity contribution in [2.45, 2.75) is 44.0 Å². The molecule has 0 bridgehead atoms. The minimum Gasteiger partial charge on any atom is -0.362 e. The molecule has 2 rings (SSSR count). The summed E-state index contributed by atoms with van der Waals surface area (Å²) in [6.07, 6.45) is -4.07. The van der Waals surface area contributed by atoms with Crippen LogP contribution in [0.4, 0.5) is 13.2 Å². The summed E-state index contributed by atoms with van der Waals surface area (Å²) in [5, 5.41) is 22.1. The molecule has 1 aliphatic carbocycles. The number of hydrazone groups is 1. The first-order chi connectivity index (χ1) is 8.82. The first-order valence-electron chi connectivity index (χ1n) is 5.89. The Morgan fingerprint density at radius 1 is 1.58 bits per heavy atom. The first-order valence-corrected chi connectivity index (χ1v) is 5.89. The lowest BCUT2D eigenvalue weighted by Gasteiger charge is -2.37. The van der Waals surface area contributed by atoms with Crippen molar-refractivity contribution in [2.24, 2.45) is 11.0 Å². The molecule has 2 atom stereocenters. The van der Waals surface area contributed by atoms with Crippen molar-refractivity contribution in [3.8, 4) is 6.07 Å². The predicted octanol–water partition coefficient (Wildman–Crippen LogP) is 1.54. The molecule has 1 amide bonds. The molecule has 5 nitrogen and oxygen atoms in total. The average Bonchev–Trinajstić information content (AvgIpc) is 2.65. The molecule has 0 unspecified atom stereocenters. The van der Waals surface area contributed by atoms with Crippen molar-refractivity contribution in [1.82, 2.24) is 5.01 Å². The van der Waals surface area contributed by atoms with Crippen LogP contribution in [0.15, 0.2) is 5.10 Å². The van der Waals surface area contributed by atoms with Crippen LogP contribution >= 0.6 is 0 Å². The maximum absolute atomic E-state index is 13.2. The summed E-state index contributed by atoms with van der Waals surface area (Å²) in [4.78, 5) is 11.6. The number of amides is 1. The molecule has 0 saturated heterocycles. The smallest absolute Gasteiger partial charge is 0.362 e. The maximum Gasteiger partial charge on any atom is 0.439 e. The van der Waals surface area contributed by atoms with Gasteiger partial charge in [0.2, 0.25) is 0 Å². The monoisotopic (exact) mass is 275 g/mol. The topological polar surface area (TPSA) is 76.7 Å². The Bertz CT molecular complexity index is 469. The van der Waals surface area contributed by atoms with Gasteiger partial charge in [0.1, 0.15) is 6.42 Å². The Labute approximate surface area is 107 Å². The highest BCUT2D eigenvalue weighted by Crippen LogP contribution is 2.48. The van der Waals surface area contributed by atoms with E-state index in [1.54, 1.807) is 0 Å². The van der Waals surface area contributed by atoms with Gasteiger partial charge in [-0.15, -0.1) is 0 Å². The van der Waals surface area contributed by atoms with Crippen molar-refractivity contribution >= 4 is 11.6 Å². The molecule has 1 heterocycles. The van der Waals surface area contributed by atoms with Crippen LogP contribution in [0, 0.1) is 17.2 Å². The van der Waals surface area contributed by atoms with E-state index in [2.05, 4.69) is 5.10 Å². The van der Waals surface area contributed by atoms with Gasteiger partial charge in [0.05, 0.1) is 12.0 Å². The number of halogens is 3. The summed E-state index contributed by atoms with van der Waals surface area (Å²) in [5.74, 6) is -2.35. The van der Waals surface area contributed by atoms with E-state index in [1.807, 2.05) is 0 Å². The number of aliphatic hydroxyl groups is 1. The van der Waals surface area contributed by atoms with Gasteiger partial charge in [0.25, 0.3) is 11.6 Å². The molecule has 0 aromatic carbocycles. The van der Waals surface area contributed by atoms with E-state index in [0.29, 0.717) is 19.3 Å². The molecule has 104 valence electrons. The summed E-state index contributed by atoms with van der Waals surface area (Å²) in [5.41, 5.74) is -3.12. The van der Waals surface area contributed by atoms with Crippen LogP contribution in [-0.4, -0.2) is 33.6 Å². The lowest BCUT2D eigenvalue weighted by atomic mass is 9.80. The highest BCUT2D eigenvalue weighted by atomic mass is 19.4. The summed E-state index contributed by atoms with van der Waals surface area (Å²) >= 11 is 0. The molecule has 1 fully saturated rings. The molecule has 0 aromatic heterocycles. The fraction of sp³-hybridized carbons (Fsp3) is 0.727. The normalized spacial score (nSPS) is 30.6. The third-order valence-electron chi connectivity index (χ3n) is 3.50. The molecule has 0 radical (unpaired) electrons. The van der Waals surface area contributed by atoms with E-state index in [4.69, 9.17) is 5.26 Å². The lowest BCUT2D eigenvalue weighted by Crippen LogP contribution is -2.61. The highest BCUT2D eigenvalue weighted by Gasteiger charge is 2.68. The number of carbonyl (C=O) groups is 1. The second-order valence-electron chi connectivity index (χ2n) is 4.65. The molecule has 0 spiro atoms. The van der Waals surface area contributed by atoms with Crippen LogP contribution in [-0.2, 0) is 4.79 Å². The third-order valence-corrected chi connectivity index (χ3v) is 3.50. The first kappa shape index (κ1) is 13.8. The maximum atomic E-state index is 13.2. The summed E-state index contributed by atoms with van der Waals surface area (Å²) in [6.45, 7) is 0. The Morgan fingerprint density at radius 3 is 2.84 bits per heavy atom. The molecular weight excluding hydrogens is 263 g/mol. The largest absolute Gasteiger partial charge is 0.439 e. The van der Waals surface area contributed by atoms with Gasteiger partial charge < -0.3 is 5.11 Å². The molecule has 8 heteroatoms. The Hall–Kier alpha value is -1.62. The number of hydrogen-bond acceptors (Lipinski definition) is 4. The van der Waals surface area contributed by atoms with Crippen LogP contribution in [0.3, 0.4) is 0 Å². The Kier molecular flexibility index (Phi) is 3.26. The SMILES string of the molecule is N#CCC(=O)N1N=C2CCCC[C@H]2[C@]1(O)C(F)(F)F. The average molecular weight is 275 g/mol. The van der Waals surface area contributed by atoms with E-state index in [9.17, 15) is 23.1 Å². The van der Waals surface area contributed by atoms with Crippen molar-refractivity contribution in [2.75, 3.05) is 0 Å². The zero-order chi connectivity index (χ0) is 14.3. The van der Waals surface area contributed by atoms with Crippen LogP contribution in [0.1, 0.15) is 32.1 Å². The summed E-state index contributed by atoms with van der Waals surface area (Å²) < 4.78 is 39.5. The van der Waals surface area contributed by atoms with Gasteiger partial charge in [-0.25, -0.2) is 0 Å². The highest BCUT2D eigenvalue weighted by molar-refractivity contribution is 5.93. The Morgan fingerprint density at radius 2 is 2.26 bits per heavy atom. The molecule has 1 N–H and O–H groups in total. The van der Waals surface area contributed by atoms with Crippen LogP contribution in [0.5, 0.6) is 0 Å². The minimum atomic E-state index is -5.01. The van der Waals surface area contributed by atoms with E-state index in [0.717, 1.165) is 0 Å². The van der Waals surface area contributed by atoms with Gasteiger partial charge in [0, 0.05) is 5.71 Å². The molecule has 2 aliphatic rings. The number of hydrogen-bond donors (Lipinski definition) is 1. The zero-order valence-electron chi connectivity index (χ0n) is 9.94. The molecule has 0 aromatic rings. The number of alkyl halides is 3.